The van der Waals surface area contributed by atoms with Gasteiger partial charge < -0.3 is 28.8 Å². The van der Waals surface area contributed by atoms with Gasteiger partial charge in [-0.15, -0.1) is 0 Å². The first-order chi connectivity index (χ1) is 31.0. The van der Waals surface area contributed by atoms with Crippen molar-refractivity contribution in [2.24, 2.45) is 0 Å². The van der Waals surface area contributed by atoms with Crippen molar-refractivity contribution in [3.63, 3.8) is 0 Å². The highest BCUT2D eigenvalue weighted by molar-refractivity contribution is 7.45. The molecule has 2 N–H and O–H groups in total. The van der Waals surface area contributed by atoms with E-state index in [-0.39, 0.29) is 12.5 Å². The lowest BCUT2D eigenvalue weighted by molar-refractivity contribution is -0.870. The summed E-state index contributed by atoms with van der Waals surface area (Å²) in [5.74, 6) is -0.215. The third kappa shape index (κ3) is 47.9. The summed E-state index contributed by atoms with van der Waals surface area (Å²) in [5.41, 5.74) is 0. The van der Waals surface area contributed by atoms with Gasteiger partial charge in [-0.2, -0.15) is 0 Å². The second-order valence-corrected chi connectivity index (χ2v) is 20.3. The normalized spacial score (nSPS) is 14.7. The van der Waals surface area contributed by atoms with Crippen LogP contribution < -0.4 is 10.2 Å². The maximum Gasteiger partial charge on any atom is 0.268 e. The summed E-state index contributed by atoms with van der Waals surface area (Å²) < 4.78 is 23.2. The van der Waals surface area contributed by atoms with Crippen LogP contribution in [0.4, 0.5) is 0 Å². The second kappa shape index (κ2) is 46.1. The van der Waals surface area contributed by atoms with Gasteiger partial charge in [-0.25, -0.2) is 0 Å². The number of likely N-dealkylation sites (N-methyl/N-ethyl adjacent to an activating group) is 1. The van der Waals surface area contributed by atoms with Crippen molar-refractivity contribution in [1.29, 1.82) is 0 Å². The molecule has 3 atom stereocenters. The minimum absolute atomic E-state index is 0.0112. The van der Waals surface area contributed by atoms with Crippen LogP contribution in [0.15, 0.2) is 72.9 Å². The topological polar surface area (TPSA) is 108 Å². The highest BCUT2D eigenvalue weighted by atomic mass is 31.2. The van der Waals surface area contributed by atoms with Crippen LogP contribution in [0.2, 0.25) is 0 Å². The average molecular weight is 917 g/mol. The Labute approximate surface area is 395 Å². The van der Waals surface area contributed by atoms with Gasteiger partial charge in [0, 0.05) is 6.42 Å². The molecule has 0 bridgehead atoms. The number of amides is 1. The Morgan fingerprint density at radius 3 is 1.42 bits per heavy atom. The van der Waals surface area contributed by atoms with Crippen LogP contribution in [-0.2, 0) is 18.4 Å². The number of unbranched alkanes of at least 4 members (excludes halogenated alkanes) is 24. The van der Waals surface area contributed by atoms with E-state index in [1.165, 1.54) is 135 Å². The molecule has 0 spiro atoms. The molecule has 0 aliphatic heterocycles. The number of aliphatic hydroxyl groups excluding tert-OH is 1. The van der Waals surface area contributed by atoms with Gasteiger partial charge in [-0.05, 0) is 77.0 Å². The molecule has 0 aromatic rings. The molecule has 0 saturated carbocycles. The molecule has 0 heterocycles. The molecule has 0 aliphatic rings. The molecule has 0 aliphatic carbocycles. The number of allylic oxidation sites excluding steroid dienone is 11. The minimum Gasteiger partial charge on any atom is -0.756 e. The van der Waals surface area contributed by atoms with E-state index in [0.29, 0.717) is 17.4 Å². The van der Waals surface area contributed by atoms with Gasteiger partial charge in [0.15, 0.2) is 0 Å². The first kappa shape index (κ1) is 61.9. The van der Waals surface area contributed by atoms with E-state index in [9.17, 15) is 19.4 Å². The van der Waals surface area contributed by atoms with Crippen LogP contribution in [0.3, 0.4) is 0 Å². The van der Waals surface area contributed by atoms with Gasteiger partial charge in [-0.1, -0.05) is 209 Å². The Balaban J connectivity index is 4.08. The van der Waals surface area contributed by atoms with E-state index in [2.05, 4.69) is 79.9 Å². The maximum absolute atomic E-state index is 12.9. The largest absolute Gasteiger partial charge is 0.756 e. The fourth-order valence-electron chi connectivity index (χ4n) is 7.20. The SMILES string of the molecule is CCC/C=C/CC/C=C/CC/C=C/C(O)C(COP(=O)([O-])OCC[N+](C)(C)C)NC(=O)CCCCCCCCCCCCCCCCCC/C=C\C/C=C\C/C=C\CCCCCCC. The van der Waals surface area contributed by atoms with Gasteiger partial charge >= 0.3 is 0 Å². The van der Waals surface area contributed by atoms with Crippen LogP contribution in [0, 0.1) is 0 Å². The van der Waals surface area contributed by atoms with Crippen LogP contribution in [-0.4, -0.2) is 68.5 Å². The molecule has 8 nitrogen and oxygen atoms in total. The zero-order chi connectivity index (χ0) is 47.1. The Kier molecular flexibility index (Phi) is 44.6. The molecule has 64 heavy (non-hydrogen) atoms. The van der Waals surface area contributed by atoms with Crippen molar-refractivity contribution < 1.29 is 32.9 Å². The number of hydrogen-bond donors (Lipinski definition) is 2. The number of aliphatic hydroxyl groups is 1. The number of carbonyl (C=O) groups excluding carboxylic acids is 1. The third-order valence-electron chi connectivity index (χ3n) is 11.3. The number of nitrogens with one attached hydrogen (secondary N) is 1. The molecule has 0 aromatic heterocycles. The molecule has 3 unspecified atom stereocenters. The Bertz CT molecular complexity index is 1270. The summed E-state index contributed by atoms with van der Waals surface area (Å²) in [6.45, 7) is 4.52. The third-order valence-corrected chi connectivity index (χ3v) is 12.3. The van der Waals surface area contributed by atoms with E-state index < -0.39 is 26.6 Å². The van der Waals surface area contributed by atoms with Crippen molar-refractivity contribution in [2.75, 3.05) is 40.9 Å². The lowest BCUT2D eigenvalue weighted by Crippen LogP contribution is -2.45. The van der Waals surface area contributed by atoms with Crippen LogP contribution in [0.5, 0.6) is 0 Å². The van der Waals surface area contributed by atoms with E-state index in [1.54, 1.807) is 6.08 Å². The fraction of sp³-hybridized carbons (Fsp3) is 0.764. The Morgan fingerprint density at radius 2 is 0.953 bits per heavy atom. The van der Waals surface area contributed by atoms with Gasteiger partial charge in [0.25, 0.3) is 7.82 Å². The summed E-state index contributed by atoms with van der Waals surface area (Å²) in [6.07, 6.45) is 62.7. The standard InChI is InChI=1S/C55H101N2O6P/c1-6-8-10-12-14-16-18-19-20-21-22-23-24-25-26-27-28-29-30-31-32-33-34-35-36-37-39-41-43-45-47-49-55(59)56-53(52-63-64(60,61)62-51-50-57(3,4)5)54(58)48-46-44-42-40-38-17-15-13-11-9-7-2/h11,13,18-19,21-22,24-25,38,40,46,48,53-54,58H,6-10,12,14-17,20,23,26-37,39,41-45,47,49-52H2,1-5H3,(H-,56,59,60,61)/b13-11+,19-18-,22-21-,25-24-,40-38+,48-46+. The monoisotopic (exact) mass is 917 g/mol. The van der Waals surface area contributed by atoms with Crippen molar-refractivity contribution in [1.82, 2.24) is 5.32 Å². The molecule has 0 saturated heterocycles. The summed E-state index contributed by atoms with van der Waals surface area (Å²) in [4.78, 5) is 25.3. The van der Waals surface area contributed by atoms with Crippen molar-refractivity contribution in [3.05, 3.63) is 72.9 Å². The number of quaternary nitrogens is 1. The molecule has 1 amide bonds. The van der Waals surface area contributed by atoms with Crippen molar-refractivity contribution in [2.45, 2.75) is 231 Å². The molecular formula is C55H101N2O6P. The van der Waals surface area contributed by atoms with Gasteiger partial charge in [0.1, 0.15) is 13.2 Å². The zero-order valence-corrected chi connectivity index (χ0v) is 43.1. The molecule has 0 radical (unpaired) electrons. The molecule has 9 heteroatoms. The van der Waals surface area contributed by atoms with Crippen LogP contribution in [0.25, 0.3) is 0 Å². The lowest BCUT2D eigenvalue weighted by Gasteiger charge is -2.29. The van der Waals surface area contributed by atoms with Crippen molar-refractivity contribution in [3.8, 4) is 0 Å². The number of hydrogen-bond acceptors (Lipinski definition) is 6. The lowest BCUT2D eigenvalue weighted by atomic mass is 10.0. The van der Waals surface area contributed by atoms with E-state index >= 15 is 0 Å². The highest BCUT2D eigenvalue weighted by Gasteiger charge is 2.23. The number of rotatable bonds is 47. The minimum atomic E-state index is -4.60. The Hall–Kier alpha value is -2.06. The van der Waals surface area contributed by atoms with E-state index in [1.807, 2.05) is 27.2 Å². The quantitative estimate of drug-likeness (QED) is 0.0272. The smallest absolute Gasteiger partial charge is 0.268 e. The number of nitrogens with zero attached hydrogens (tertiary/aromatic N) is 1. The predicted molar refractivity (Wildman–Crippen MR) is 274 cm³/mol. The summed E-state index contributed by atoms with van der Waals surface area (Å²) >= 11 is 0. The zero-order valence-electron chi connectivity index (χ0n) is 42.2. The highest BCUT2D eigenvalue weighted by Crippen LogP contribution is 2.38. The fourth-order valence-corrected chi connectivity index (χ4v) is 7.92. The van der Waals surface area contributed by atoms with Gasteiger partial charge in [0.05, 0.1) is 39.9 Å². The van der Waals surface area contributed by atoms with E-state index in [4.69, 9.17) is 9.05 Å². The molecular weight excluding hydrogens is 816 g/mol. The first-order valence-electron chi connectivity index (χ1n) is 26.3. The summed E-state index contributed by atoms with van der Waals surface area (Å²) in [5, 5.41) is 13.7. The predicted octanol–water partition coefficient (Wildman–Crippen LogP) is 14.9. The molecule has 0 aromatic carbocycles. The second-order valence-electron chi connectivity index (χ2n) is 18.9. The average Bonchev–Trinajstić information content (AvgIpc) is 3.25. The van der Waals surface area contributed by atoms with Gasteiger partial charge in [0.2, 0.25) is 5.91 Å². The summed E-state index contributed by atoms with van der Waals surface area (Å²) in [7, 11) is 1.23. The first-order valence-corrected chi connectivity index (χ1v) is 27.8. The maximum atomic E-state index is 12.9. The van der Waals surface area contributed by atoms with Crippen LogP contribution in [0.1, 0.15) is 219 Å². The molecule has 372 valence electrons. The van der Waals surface area contributed by atoms with Crippen molar-refractivity contribution >= 4 is 13.7 Å². The number of phosphoric ester groups is 1. The molecule has 0 fully saturated rings. The molecule has 0 rings (SSSR count). The van der Waals surface area contributed by atoms with E-state index in [0.717, 1.165) is 64.2 Å². The number of carbonyl (C=O) groups is 1. The van der Waals surface area contributed by atoms with Crippen LogP contribution >= 0.6 is 7.82 Å². The number of phosphoric acid groups is 1. The summed E-state index contributed by atoms with van der Waals surface area (Å²) in [6, 6.07) is -0.910. The van der Waals surface area contributed by atoms with Gasteiger partial charge in [-0.3, -0.25) is 9.36 Å². The Morgan fingerprint density at radius 1 is 0.547 bits per heavy atom.